The molecule has 0 rings (SSSR count). The van der Waals surface area contributed by atoms with Crippen molar-refractivity contribution in [2.75, 3.05) is 13.2 Å². The second kappa shape index (κ2) is 57.2. The Kier molecular flexibility index (Phi) is 55.2. The second-order valence-corrected chi connectivity index (χ2v) is 20.3. The molecule has 6 heteroatoms. The number of carbonyl (C=O) groups excluding carboxylic acids is 3. The smallest absolute Gasteiger partial charge is 0.306 e. The van der Waals surface area contributed by atoms with Gasteiger partial charge in [-0.1, -0.05) is 269 Å². The number of hydrogen-bond donors (Lipinski definition) is 0. The van der Waals surface area contributed by atoms with Gasteiger partial charge in [0.1, 0.15) is 13.2 Å². The van der Waals surface area contributed by atoms with E-state index in [0.29, 0.717) is 19.3 Å². The number of hydrogen-bond acceptors (Lipinski definition) is 6. The van der Waals surface area contributed by atoms with Crippen LogP contribution in [0.2, 0.25) is 0 Å². The van der Waals surface area contributed by atoms with Gasteiger partial charge in [-0.15, -0.1) is 0 Å². The third-order valence-corrected chi connectivity index (χ3v) is 13.3. The summed E-state index contributed by atoms with van der Waals surface area (Å²) in [5.74, 6) is -0.875. The summed E-state index contributed by atoms with van der Waals surface area (Å²) in [4.78, 5) is 38.2. The average molecular weight is 956 g/mol. The minimum Gasteiger partial charge on any atom is -0.462 e. The van der Waals surface area contributed by atoms with Crippen LogP contribution in [0.3, 0.4) is 0 Å². The highest BCUT2D eigenvalue weighted by Gasteiger charge is 2.19. The van der Waals surface area contributed by atoms with Crippen LogP contribution in [-0.2, 0) is 28.6 Å². The summed E-state index contributed by atoms with van der Waals surface area (Å²) >= 11 is 0. The minimum absolute atomic E-state index is 0.0746. The SMILES string of the molecule is CCC/C=C\C/C=C\CCCCCCCC(=O)OCC(COC(=O)CCCCCCCCCCCCCCCCCCCCCC)OC(=O)CCCCCCCCC/C=C\CCCCCCCC. The topological polar surface area (TPSA) is 78.9 Å². The van der Waals surface area contributed by atoms with Crippen molar-refractivity contribution in [1.29, 1.82) is 0 Å². The largest absolute Gasteiger partial charge is 0.462 e. The van der Waals surface area contributed by atoms with Crippen LogP contribution in [-0.4, -0.2) is 37.2 Å². The van der Waals surface area contributed by atoms with Crippen LogP contribution in [0.5, 0.6) is 0 Å². The van der Waals surface area contributed by atoms with Gasteiger partial charge in [-0.25, -0.2) is 0 Å². The highest BCUT2D eigenvalue weighted by Crippen LogP contribution is 2.17. The van der Waals surface area contributed by atoms with E-state index < -0.39 is 6.10 Å². The molecule has 0 amide bonds. The van der Waals surface area contributed by atoms with Crippen molar-refractivity contribution < 1.29 is 28.6 Å². The Morgan fingerprint density at radius 2 is 0.559 bits per heavy atom. The van der Waals surface area contributed by atoms with Gasteiger partial charge in [0.25, 0.3) is 0 Å². The van der Waals surface area contributed by atoms with Gasteiger partial charge >= 0.3 is 17.9 Å². The molecule has 1 unspecified atom stereocenters. The lowest BCUT2D eigenvalue weighted by Crippen LogP contribution is -2.30. The van der Waals surface area contributed by atoms with Gasteiger partial charge in [0.05, 0.1) is 0 Å². The molecule has 0 fully saturated rings. The molecule has 398 valence electrons. The molecule has 6 nitrogen and oxygen atoms in total. The third kappa shape index (κ3) is 54.6. The summed E-state index contributed by atoms with van der Waals surface area (Å²) < 4.78 is 16.9. The maximum atomic E-state index is 12.9. The Balaban J connectivity index is 4.31. The number of unbranched alkanes of at least 4 members (excludes halogenated alkanes) is 38. The number of allylic oxidation sites excluding steroid dienone is 6. The number of ether oxygens (including phenoxy) is 3. The molecule has 0 aliphatic rings. The van der Waals surface area contributed by atoms with E-state index in [1.165, 1.54) is 199 Å². The predicted molar refractivity (Wildman–Crippen MR) is 293 cm³/mol. The van der Waals surface area contributed by atoms with E-state index in [1.807, 2.05) is 0 Å². The first kappa shape index (κ1) is 65.6. The maximum Gasteiger partial charge on any atom is 0.306 e. The Bertz CT molecular complexity index is 1140. The standard InChI is InChI=1S/C62H114O6/c1-4-7-10-13-16-19-22-25-27-29-30-31-33-34-37-40-43-46-49-52-55-61(64)67-58-59(57-66-60(63)54-51-48-45-42-39-36-24-21-18-15-12-9-6-3)68-62(65)56-53-50-47-44-41-38-35-32-28-26-23-20-17-14-11-8-5-2/h12,15,21,24,26,28,59H,4-11,13-14,16-20,22-23,25,27,29-58H2,1-3H3/b15-12-,24-21-,28-26-. The van der Waals surface area contributed by atoms with E-state index in [1.54, 1.807) is 0 Å². The van der Waals surface area contributed by atoms with E-state index in [2.05, 4.69) is 57.2 Å². The van der Waals surface area contributed by atoms with Crippen molar-refractivity contribution >= 4 is 17.9 Å². The van der Waals surface area contributed by atoms with Crippen molar-refractivity contribution in [1.82, 2.24) is 0 Å². The number of rotatable bonds is 55. The molecule has 0 aliphatic heterocycles. The first-order valence-corrected chi connectivity index (χ1v) is 30.0. The molecule has 0 radical (unpaired) electrons. The number of esters is 3. The normalized spacial score (nSPS) is 12.2. The van der Waals surface area contributed by atoms with E-state index in [-0.39, 0.29) is 31.1 Å². The Labute approximate surface area is 423 Å². The van der Waals surface area contributed by atoms with Crippen molar-refractivity contribution in [3.05, 3.63) is 36.5 Å². The second-order valence-electron chi connectivity index (χ2n) is 20.3. The fourth-order valence-electron chi connectivity index (χ4n) is 8.83. The van der Waals surface area contributed by atoms with Crippen molar-refractivity contribution in [2.45, 2.75) is 329 Å². The molecule has 0 aromatic rings. The lowest BCUT2D eigenvalue weighted by molar-refractivity contribution is -0.167. The van der Waals surface area contributed by atoms with Gasteiger partial charge in [-0.2, -0.15) is 0 Å². The molecule has 0 saturated carbocycles. The van der Waals surface area contributed by atoms with Crippen molar-refractivity contribution in [3.63, 3.8) is 0 Å². The predicted octanol–water partition coefficient (Wildman–Crippen LogP) is 20.0. The lowest BCUT2D eigenvalue weighted by atomic mass is 10.0. The molecule has 0 aromatic heterocycles. The van der Waals surface area contributed by atoms with Crippen LogP contribution in [0.25, 0.3) is 0 Å². The van der Waals surface area contributed by atoms with E-state index in [0.717, 1.165) is 83.5 Å². The summed E-state index contributed by atoms with van der Waals surface area (Å²) in [5, 5.41) is 0. The molecular formula is C62H114O6. The molecular weight excluding hydrogens is 841 g/mol. The van der Waals surface area contributed by atoms with Crippen molar-refractivity contribution in [2.24, 2.45) is 0 Å². The summed E-state index contributed by atoms with van der Waals surface area (Å²) in [6, 6.07) is 0. The van der Waals surface area contributed by atoms with Crippen molar-refractivity contribution in [3.8, 4) is 0 Å². The third-order valence-electron chi connectivity index (χ3n) is 13.3. The van der Waals surface area contributed by atoms with Gasteiger partial charge in [0.15, 0.2) is 6.10 Å². The number of carbonyl (C=O) groups is 3. The molecule has 68 heavy (non-hydrogen) atoms. The minimum atomic E-state index is -0.777. The fourth-order valence-corrected chi connectivity index (χ4v) is 8.83. The summed E-state index contributed by atoms with van der Waals surface area (Å²) in [5.41, 5.74) is 0. The van der Waals surface area contributed by atoms with E-state index in [9.17, 15) is 14.4 Å². The first-order chi connectivity index (χ1) is 33.5. The molecule has 0 heterocycles. The molecule has 0 aromatic carbocycles. The molecule has 0 N–H and O–H groups in total. The zero-order chi connectivity index (χ0) is 49.3. The van der Waals surface area contributed by atoms with Crippen LogP contribution in [0.1, 0.15) is 323 Å². The van der Waals surface area contributed by atoms with E-state index in [4.69, 9.17) is 14.2 Å². The average Bonchev–Trinajstić information content (AvgIpc) is 3.34. The summed E-state index contributed by atoms with van der Waals surface area (Å²) in [6.45, 7) is 6.60. The zero-order valence-corrected chi connectivity index (χ0v) is 45.6. The molecule has 0 bridgehead atoms. The highest BCUT2D eigenvalue weighted by atomic mass is 16.6. The first-order valence-electron chi connectivity index (χ1n) is 30.0. The van der Waals surface area contributed by atoms with Crippen LogP contribution in [0.4, 0.5) is 0 Å². The van der Waals surface area contributed by atoms with Gasteiger partial charge in [0, 0.05) is 19.3 Å². The Morgan fingerprint density at radius 3 is 0.882 bits per heavy atom. The quantitative estimate of drug-likeness (QED) is 0.0262. The molecule has 0 aliphatic carbocycles. The van der Waals surface area contributed by atoms with E-state index >= 15 is 0 Å². The van der Waals surface area contributed by atoms with Gasteiger partial charge in [0.2, 0.25) is 0 Å². The van der Waals surface area contributed by atoms with Gasteiger partial charge in [-0.3, -0.25) is 14.4 Å². The summed E-state index contributed by atoms with van der Waals surface area (Å²) in [7, 11) is 0. The maximum absolute atomic E-state index is 12.9. The molecule has 1 atom stereocenters. The molecule has 0 spiro atoms. The van der Waals surface area contributed by atoms with Gasteiger partial charge < -0.3 is 14.2 Å². The monoisotopic (exact) mass is 955 g/mol. The van der Waals surface area contributed by atoms with Crippen LogP contribution < -0.4 is 0 Å². The van der Waals surface area contributed by atoms with Crippen LogP contribution >= 0.6 is 0 Å². The fraction of sp³-hybridized carbons (Fsp3) is 0.855. The highest BCUT2D eigenvalue weighted by molar-refractivity contribution is 5.71. The van der Waals surface area contributed by atoms with Crippen LogP contribution in [0, 0.1) is 0 Å². The van der Waals surface area contributed by atoms with Gasteiger partial charge in [-0.05, 0) is 70.6 Å². The zero-order valence-electron chi connectivity index (χ0n) is 45.6. The van der Waals surface area contributed by atoms with Crippen LogP contribution in [0.15, 0.2) is 36.5 Å². The lowest BCUT2D eigenvalue weighted by Gasteiger charge is -2.18. The Morgan fingerprint density at radius 1 is 0.294 bits per heavy atom. The molecule has 0 saturated heterocycles. The summed E-state index contributed by atoms with van der Waals surface area (Å²) in [6.07, 6.45) is 68.5. The Hall–Kier alpha value is -2.37.